The Kier molecular flexibility index (Phi) is 5.92. The Labute approximate surface area is 203 Å². The van der Waals surface area contributed by atoms with Crippen LogP contribution in [0.3, 0.4) is 0 Å². The van der Waals surface area contributed by atoms with Crippen molar-refractivity contribution in [3.8, 4) is 22.9 Å². The minimum absolute atomic E-state index is 0.193. The Morgan fingerprint density at radius 3 is 2.14 bits per heavy atom. The third-order valence-corrected chi connectivity index (χ3v) is 8.15. The molecular formula is C28H24N3O3P+2. The highest BCUT2D eigenvalue weighted by atomic mass is 31.2. The topological polar surface area (TPSA) is 89.1 Å². The fraction of sp³-hybridized carbons (Fsp3) is 0.107. The molecule has 0 amide bonds. The molecule has 2 aromatic heterocycles. The molecule has 6 nitrogen and oxygen atoms in total. The number of nitriles is 1. The predicted molar refractivity (Wildman–Crippen MR) is 133 cm³/mol. The number of allylic oxidation sites excluding steroid dienone is 4. The first-order chi connectivity index (χ1) is 16.9. The van der Waals surface area contributed by atoms with E-state index in [-0.39, 0.29) is 6.54 Å². The minimum atomic E-state index is -4.34. The van der Waals surface area contributed by atoms with E-state index in [1.165, 1.54) is 0 Å². The lowest BCUT2D eigenvalue weighted by Crippen LogP contribution is -2.46. The maximum atomic E-state index is 12.2. The van der Waals surface area contributed by atoms with Crippen LogP contribution in [0.4, 0.5) is 0 Å². The lowest BCUT2D eigenvalue weighted by molar-refractivity contribution is -0.699. The average Bonchev–Trinajstić information content (AvgIpc) is 2.88. The molecule has 0 fully saturated rings. The fourth-order valence-corrected chi connectivity index (χ4v) is 5.51. The van der Waals surface area contributed by atoms with Crippen LogP contribution >= 0.6 is 7.60 Å². The van der Waals surface area contributed by atoms with Gasteiger partial charge in [-0.3, -0.25) is 4.57 Å². The molecule has 0 saturated heterocycles. The quantitative estimate of drug-likeness (QED) is 0.327. The highest BCUT2D eigenvalue weighted by molar-refractivity contribution is 7.53. The van der Waals surface area contributed by atoms with Gasteiger partial charge in [0.25, 0.3) is 0 Å². The minimum Gasteiger partial charge on any atom is -0.324 e. The number of fused-ring (bicyclic) bond motifs is 1. The van der Waals surface area contributed by atoms with Gasteiger partial charge in [0.05, 0.1) is 17.0 Å². The lowest BCUT2D eigenvalue weighted by atomic mass is 9.99. The number of pyridine rings is 2. The van der Waals surface area contributed by atoms with E-state index >= 15 is 0 Å². The summed E-state index contributed by atoms with van der Waals surface area (Å²) in [6, 6.07) is 21.9. The van der Waals surface area contributed by atoms with E-state index in [9.17, 15) is 19.6 Å². The maximum absolute atomic E-state index is 12.2. The Balaban J connectivity index is 1.41. The number of hydrogen-bond acceptors (Lipinski definition) is 2. The molecule has 0 saturated carbocycles. The van der Waals surface area contributed by atoms with E-state index in [0.717, 1.165) is 27.6 Å². The van der Waals surface area contributed by atoms with E-state index in [1.54, 1.807) is 18.2 Å². The van der Waals surface area contributed by atoms with E-state index in [0.29, 0.717) is 12.0 Å². The largest absolute Gasteiger partial charge is 0.342 e. The Morgan fingerprint density at radius 1 is 0.886 bits per heavy atom. The molecule has 1 aliphatic carbocycles. The molecule has 2 aromatic carbocycles. The zero-order valence-corrected chi connectivity index (χ0v) is 19.8. The molecule has 0 radical (unpaired) electrons. The van der Waals surface area contributed by atoms with Gasteiger partial charge in [0.15, 0.2) is 36.5 Å². The van der Waals surface area contributed by atoms with Gasteiger partial charge < -0.3 is 9.79 Å². The summed E-state index contributed by atoms with van der Waals surface area (Å²) in [6.07, 6.45) is 14.9. The molecular weight excluding hydrogens is 457 g/mol. The van der Waals surface area contributed by atoms with Crippen molar-refractivity contribution >= 4 is 18.4 Å². The van der Waals surface area contributed by atoms with Crippen LogP contribution in [0.5, 0.6) is 0 Å². The zero-order chi connectivity index (χ0) is 24.5. The summed E-state index contributed by atoms with van der Waals surface area (Å²) in [5, 5.41) is 10.1. The van der Waals surface area contributed by atoms with Crippen molar-refractivity contribution in [3.05, 3.63) is 115 Å². The van der Waals surface area contributed by atoms with Gasteiger partial charge in [0.1, 0.15) is 0 Å². The SMILES string of the molecule is N#Cc1ccc(-[n+]2ccc(-c3cc[n+](CC4(P(=O)(O)O)C=CC=CC4)cc3)cc2)c2ccccc12. The van der Waals surface area contributed by atoms with Crippen molar-refractivity contribution < 1.29 is 23.5 Å². The first-order valence-electron chi connectivity index (χ1n) is 11.2. The molecule has 7 heteroatoms. The van der Waals surface area contributed by atoms with Crippen molar-refractivity contribution in [1.29, 1.82) is 5.26 Å². The molecule has 2 N–H and O–H groups in total. The average molecular weight is 481 g/mol. The third-order valence-electron chi connectivity index (χ3n) is 6.52. The predicted octanol–water partition coefficient (Wildman–Crippen LogP) is 4.38. The van der Waals surface area contributed by atoms with Crippen LogP contribution in [-0.2, 0) is 11.1 Å². The van der Waals surface area contributed by atoms with Crippen molar-refractivity contribution in [2.75, 3.05) is 0 Å². The standard InChI is InChI=1S/C28H22N3O3P/c29-20-24-8-9-27(26-7-3-2-6-25(24)26)31-18-12-23(13-19-31)22-10-16-30(17-11-22)21-28(35(32,33)34)14-4-1-5-15-28/h1-14,16-19H,15,21H2/p+2. The van der Waals surface area contributed by atoms with Gasteiger partial charge in [0.2, 0.25) is 5.69 Å². The van der Waals surface area contributed by atoms with Gasteiger partial charge in [-0.05, 0) is 29.7 Å². The van der Waals surface area contributed by atoms with E-state index < -0.39 is 12.8 Å². The summed E-state index contributed by atoms with van der Waals surface area (Å²) in [6.45, 7) is 0.193. The van der Waals surface area contributed by atoms with Gasteiger partial charge in [-0.15, -0.1) is 0 Å². The molecule has 4 aromatic rings. The lowest BCUT2D eigenvalue weighted by Gasteiger charge is -2.28. The van der Waals surface area contributed by atoms with Gasteiger partial charge in [-0.1, -0.05) is 42.5 Å². The van der Waals surface area contributed by atoms with Crippen molar-refractivity contribution in [1.82, 2.24) is 0 Å². The summed E-state index contributed by atoms with van der Waals surface area (Å²) in [5.74, 6) is 0. The molecule has 0 spiro atoms. The van der Waals surface area contributed by atoms with Crippen molar-refractivity contribution in [2.24, 2.45) is 0 Å². The monoisotopic (exact) mass is 481 g/mol. The second-order valence-corrected chi connectivity index (χ2v) is 10.7. The third kappa shape index (κ3) is 4.34. The molecule has 172 valence electrons. The van der Waals surface area contributed by atoms with E-state index in [2.05, 4.69) is 6.07 Å². The molecule has 2 heterocycles. The fourth-order valence-electron chi connectivity index (χ4n) is 4.54. The Morgan fingerprint density at radius 2 is 1.54 bits per heavy atom. The van der Waals surface area contributed by atoms with Crippen molar-refractivity contribution in [2.45, 2.75) is 18.1 Å². The van der Waals surface area contributed by atoms with E-state index in [1.807, 2.05) is 101 Å². The first-order valence-corrected chi connectivity index (χ1v) is 12.8. The van der Waals surface area contributed by atoms with Crippen LogP contribution in [-0.4, -0.2) is 14.9 Å². The first kappa shape index (κ1) is 22.9. The highest BCUT2D eigenvalue weighted by Gasteiger charge is 2.48. The van der Waals surface area contributed by atoms with Crippen LogP contribution < -0.4 is 9.13 Å². The molecule has 5 rings (SSSR count). The number of rotatable bonds is 5. The summed E-state index contributed by atoms with van der Waals surface area (Å²) < 4.78 is 16.1. The second kappa shape index (κ2) is 9.05. The Hall–Kier alpha value is -3.88. The Bertz CT molecular complexity index is 1550. The normalized spacial score (nSPS) is 17.4. The zero-order valence-electron chi connectivity index (χ0n) is 18.9. The molecule has 1 atom stereocenters. The maximum Gasteiger partial charge on any atom is 0.342 e. The molecule has 0 aliphatic heterocycles. The molecule has 0 bridgehead atoms. The smallest absolute Gasteiger partial charge is 0.324 e. The summed E-state index contributed by atoms with van der Waals surface area (Å²) in [5.41, 5.74) is 3.67. The molecule has 35 heavy (non-hydrogen) atoms. The number of hydrogen-bond donors (Lipinski definition) is 2. The van der Waals surface area contributed by atoms with Crippen LogP contribution in [0, 0.1) is 11.3 Å². The van der Waals surface area contributed by atoms with Crippen LogP contribution in [0.25, 0.3) is 27.6 Å². The van der Waals surface area contributed by atoms with Crippen molar-refractivity contribution in [3.63, 3.8) is 0 Å². The molecule has 1 aliphatic rings. The highest BCUT2D eigenvalue weighted by Crippen LogP contribution is 2.54. The number of benzene rings is 2. The number of nitrogens with zero attached hydrogens (tertiary/aromatic N) is 3. The summed E-state index contributed by atoms with van der Waals surface area (Å²) >= 11 is 0. The summed E-state index contributed by atoms with van der Waals surface area (Å²) in [7, 11) is -4.34. The van der Waals surface area contributed by atoms with Gasteiger partial charge in [-0.25, -0.2) is 4.57 Å². The van der Waals surface area contributed by atoms with E-state index in [4.69, 9.17) is 0 Å². The molecule has 1 unspecified atom stereocenters. The van der Waals surface area contributed by atoms with Gasteiger partial charge in [-0.2, -0.15) is 9.83 Å². The van der Waals surface area contributed by atoms with Gasteiger partial charge in [0, 0.05) is 35.7 Å². The summed E-state index contributed by atoms with van der Waals surface area (Å²) in [4.78, 5) is 20.0. The van der Waals surface area contributed by atoms with Crippen LogP contribution in [0.15, 0.2) is 110 Å². The number of aromatic nitrogens is 2. The van der Waals surface area contributed by atoms with Crippen LogP contribution in [0.1, 0.15) is 12.0 Å². The second-order valence-electron chi connectivity index (χ2n) is 8.68. The van der Waals surface area contributed by atoms with Gasteiger partial charge >= 0.3 is 7.60 Å². The van der Waals surface area contributed by atoms with Crippen LogP contribution in [0.2, 0.25) is 0 Å².